The number of aromatic hydroxyl groups is 1. The topological polar surface area (TPSA) is 102 Å². The Balaban J connectivity index is 2.43. The van der Waals surface area contributed by atoms with Crippen LogP contribution >= 0.6 is 0 Å². The second-order valence-electron chi connectivity index (χ2n) is 4.03. The maximum atomic E-state index is 12.3. The molecule has 0 aromatic heterocycles. The van der Waals surface area contributed by atoms with E-state index in [0.29, 0.717) is 5.75 Å². The summed E-state index contributed by atoms with van der Waals surface area (Å²) in [4.78, 5) is -0.191. The van der Waals surface area contributed by atoms with Gasteiger partial charge in [-0.3, -0.25) is 4.72 Å². The van der Waals surface area contributed by atoms with Crippen molar-refractivity contribution in [3.63, 3.8) is 0 Å². The summed E-state index contributed by atoms with van der Waals surface area (Å²) in [7, 11) is -2.47. The molecule has 0 unspecified atom stereocenters. The molecule has 2 aromatic carbocycles. The van der Waals surface area contributed by atoms with Crippen LogP contribution in [0.25, 0.3) is 0 Å². The number of methoxy groups -OCH3 is 1. The molecule has 0 saturated heterocycles. The molecule has 0 heterocycles. The zero-order valence-corrected chi connectivity index (χ0v) is 11.5. The molecule has 6 nitrogen and oxygen atoms in total. The van der Waals surface area contributed by atoms with Crippen molar-refractivity contribution in [2.45, 2.75) is 4.90 Å². The number of phenols is 1. The van der Waals surface area contributed by atoms with E-state index in [1.807, 2.05) is 0 Å². The van der Waals surface area contributed by atoms with E-state index in [0.717, 1.165) is 6.07 Å². The number of anilines is 2. The van der Waals surface area contributed by atoms with Gasteiger partial charge in [0.15, 0.2) is 0 Å². The number of benzene rings is 2. The molecule has 20 heavy (non-hydrogen) atoms. The van der Waals surface area contributed by atoms with Crippen molar-refractivity contribution in [2.24, 2.45) is 0 Å². The van der Waals surface area contributed by atoms with E-state index in [1.165, 1.54) is 19.2 Å². The number of nitrogen functional groups attached to an aromatic ring is 1. The van der Waals surface area contributed by atoms with Crippen molar-refractivity contribution in [2.75, 3.05) is 17.6 Å². The molecule has 0 spiro atoms. The number of hydrogen-bond acceptors (Lipinski definition) is 5. The van der Waals surface area contributed by atoms with E-state index in [-0.39, 0.29) is 22.0 Å². The Morgan fingerprint density at radius 3 is 2.60 bits per heavy atom. The number of nitrogens with one attached hydrogen (secondary N) is 1. The zero-order chi connectivity index (χ0) is 14.8. The van der Waals surface area contributed by atoms with E-state index in [4.69, 9.17) is 10.5 Å². The minimum atomic E-state index is -3.91. The molecule has 0 amide bonds. The smallest absolute Gasteiger partial charge is 0.264 e. The highest BCUT2D eigenvalue weighted by Crippen LogP contribution is 2.29. The fourth-order valence-corrected chi connectivity index (χ4v) is 2.91. The van der Waals surface area contributed by atoms with Crippen molar-refractivity contribution in [3.8, 4) is 11.5 Å². The fourth-order valence-electron chi connectivity index (χ4n) is 1.68. The van der Waals surface area contributed by atoms with Gasteiger partial charge >= 0.3 is 0 Å². The molecule has 0 aliphatic carbocycles. The normalized spacial score (nSPS) is 11.1. The summed E-state index contributed by atoms with van der Waals surface area (Å²) in [5, 5.41) is 9.40. The average molecular weight is 294 g/mol. The van der Waals surface area contributed by atoms with Crippen molar-refractivity contribution < 1.29 is 18.3 Å². The molecule has 0 radical (unpaired) electrons. The Kier molecular flexibility index (Phi) is 3.71. The highest BCUT2D eigenvalue weighted by Gasteiger charge is 2.19. The van der Waals surface area contributed by atoms with Crippen LogP contribution in [0.2, 0.25) is 0 Å². The number of hydrogen-bond donors (Lipinski definition) is 3. The number of phenolic OH excluding ortho intramolecular Hbond substituents is 1. The third kappa shape index (κ3) is 2.77. The molecule has 4 N–H and O–H groups in total. The molecule has 0 aliphatic heterocycles. The minimum Gasteiger partial charge on any atom is -0.508 e. The first-order valence-electron chi connectivity index (χ1n) is 5.68. The summed E-state index contributed by atoms with van der Waals surface area (Å²) in [6.45, 7) is 0. The maximum Gasteiger partial charge on any atom is 0.264 e. The predicted molar refractivity (Wildman–Crippen MR) is 76.3 cm³/mol. The van der Waals surface area contributed by atoms with Gasteiger partial charge in [-0.1, -0.05) is 12.1 Å². The molecule has 0 atom stereocenters. The SMILES string of the molecule is COc1ccccc1NS(=O)(=O)c1cc(O)ccc1N. The summed E-state index contributed by atoms with van der Waals surface area (Å²) < 4.78 is 32.0. The molecule has 0 aliphatic rings. The fraction of sp³-hybridized carbons (Fsp3) is 0.0769. The van der Waals surface area contributed by atoms with Gasteiger partial charge in [-0.15, -0.1) is 0 Å². The summed E-state index contributed by atoms with van der Waals surface area (Å²) in [6.07, 6.45) is 0. The van der Waals surface area contributed by atoms with Crippen LogP contribution in [0.1, 0.15) is 0 Å². The summed E-state index contributed by atoms with van der Waals surface area (Å²) in [6, 6.07) is 10.3. The van der Waals surface area contributed by atoms with E-state index in [9.17, 15) is 13.5 Å². The van der Waals surface area contributed by atoms with Crippen molar-refractivity contribution in [1.29, 1.82) is 0 Å². The number of para-hydroxylation sites is 2. The van der Waals surface area contributed by atoms with Crippen LogP contribution in [0.3, 0.4) is 0 Å². The van der Waals surface area contributed by atoms with Crippen LogP contribution in [0.5, 0.6) is 11.5 Å². The van der Waals surface area contributed by atoms with Gasteiger partial charge < -0.3 is 15.6 Å². The molecule has 0 fully saturated rings. The third-order valence-corrected chi connectivity index (χ3v) is 4.06. The second-order valence-corrected chi connectivity index (χ2v) is 5.68. The van der Waals surface area contributed by atoms with Gasteiger partial charge in [-0.2, -0.15) is 0 Å². The summed E-state index contributed by atoms with van der Waals surface area (Å²) in [5.74, 6) is 0.203. The standard InChI is InChI=1S/C13H14N2O4S/c1-19-12-5-3-2-4-11(12)15-20(17,18)13-8-9(16)6-7-10(13)14/h2-8,15-16H,14H2,1H3. The Hall–Kier alpha value is -2.41. The second kappa shape index (κ2) is 5.30. The van der Waals surface area contributed by atoms with Gasteiger partial charge in [0.1, 0.15) is 16.4 Å². The molecule has 106 valence electrons. The van der Waals surface area contributed by atoms with Gasteiger partial charge in [0.25, 0.3) is 10.0 Å². The molecule has 2 rings (SSSR count). The minimum absolute atomic E-state index is 0.0465. The van der Waals surface area contributed by atoms with Crippen LogP contribution in [-0.2, 0) is 10.0 Å². The van der Waals surface area contributed by atoms with Gasteiger partial charge in [0.05, 0.1) is 18.5 Å². The largest absolute Gasteiger partial charge is 0.508 e. The van der Waals surface area contributed by atoms with Crippen molar-refractivity contribution >= 4 is 21.4 Å². The third-order valence-electron chi connectivity index (χ3n) is 2.64. The lowest BCUT2D eigenvalue weighted by Gasteiger charge is -2.13. The van der Waals surface area contributed by atoms with Crippen molar-refractivity contribution in [3.05, 3.63) is 42.5 Å². The Labute approximate surface area is 116 Å². The Bertz CT molecular complexity index is 729. The van der Waals surface area contributed by atoms with Crippen LogP contribution in [0, 0.1) is 0 Å². The first-order chi connectivity index (χ1) is 9.44. The maximum absolute atomic E-state index is 12.3. The zero-order valence-electron chi connectivity index (χ0n) is 10.7. The van der Waals surface area contributed by atoms with Crippen molar-refractivity contribution in [1.82, 2.24) is 0 Å². The van der Waals surface area contributed by atoms with Crippen LogP contribution < -0.4 is 15.2 Å². The molecule has 7 heteroatoms. The Morgan fingerprint density at radius 1 is 1.20 bits per heavy atom. The number of nitrogens with two attached hydrogens (primary N) is 1. The van der Waals surface area contributed by atoms with Gasteiger partial charge in [-0.05, 0) is 24.3 Å². The van der Waals surface area contributed by atoms with Gasteiger partial charge in [0.2, 0.25) is 0 Å². The first-order valence-corrected chi connectivity index (χ1v) is 7.16. The first kappa shape index (κ1) is 14.0. The van der Waals surface area contributed by atoms with Crippen LogP contribution in [-0.4, -0.2) is 20.6 Å². The number of ether oxygens (including phenoxy) is 1. The molecule has 0 bridgehead atoms. The van der Waals surface area contributed by atoms with E-state index < -0.39 is 10.0 Å². The summed E-state index contributed by atoms with van der Waals surface area (Å²) in [5.41, 5.74) is 5.97. The quantitative estimate of drug-likeness (QED) is 0.589. The van der Waals surface area contributed by atoms with E-state index in [2.05, 4.69) is 4.72 Å². The number of rotatable bonds is 4. The molecule has 2 aromatic rings. The predicted octanol–water partition coefficient (Wildman–Crippen LogP) is 1.78. The van der Waals surface area contributed by atoms with E-state index in [1.54, 1.807) is 24.3 Å². The highest BCUT2D eigenvalue weighted by atomic mass is 32.2. The molecular weight excluding hydrogens is 280 g/mol. The van der Waals surface area contributed by atoms with Gasteiger partial charge in [0, 0.05) is 6.07 Å². The lowest BCUT2D eigenvalue weighted by atomic mass is 10.3. The van der Waals surface area contributed by atoms with Crippen LogP contribution in [0.15, 0.2) is 47.4 Å². The van der Waals surface area contributed by atoms with Crippen LogP contribution in [0.4, 0.5) is 11.4 Å². The lowest BCUT2D eigenvalue weighted by Crippen LogP contribution is -2.15. The van der Waals surface area contributed by atoms with Gasteiger partial charge in [-0.25, -0.2) is 8.42 Å². The highest BCUT2D eigenvalue weighted by molar-refractivity contribution is 7.92. The Morgan fingerprint density at radius 2 is 1.90 bits per heavy atom. The summed E-state index contributed by atoms with van der Waals surface area (Å²) >= 11 is 0. The molecular formula is C13H14N2O4S. The number of sulfonamides is 1. The average Bonchev–Trinajstić information content (AvgIpc) is 2.41. The van der Waals surface area contributed by atoms with E-state index >= 15 is 0 Å². The monoisotopic (exact) mass is 294 g/mol. The lowest BCUT2D eigenvalue weighted by molar-refractivity contribution is 0.417. The molecule has 0 saturated carbocycles.